The standard InChI is InChI=1S/C17H15ClN2O/c1-11(20-13-7-9-16(18)19-10-13)14-8-6-12-4-2-3-5-15(12)17(14)21/h2-11,20-21H,1H3. The fourth-order valence-corrected chi connectivity index (χ4v) is 2.52. The Balaban J connectivity index is 1.92. The van der Waals surface area contributed by atoms with E-state index in [0.717, 1.165) is 22.0 Å². The number of halogens is 1. The van der Waals surface area contributed by atoms with Gasteiger partial charge in [-0.15, -0.1) is 0 Å². The number of aromatic nitrogens is 1. The summed E-state index contributed by atoms with van der Waals surface area (Å²) in [6.07, 6.45) is 1.68. The van der Waals surface area contributed by atoms with Gasteiger partial charge in [0.2, 0.25) is 0 Å². The van der Waals surface area contributed by atoms with Crippen molar-refractivity contribution in [1.82, 2.24) is 4.98 Å². The van der Waals surface area contributed by atoms with Crippen molar-refractivity contribution in [3.8, 4) is 5.75 Å². The predicted molar refractivity (Wildman–Crippen MR) is 86.9 cm³/mol. The summed E-state index contributed by atoms with van der Waals surface area (Å²) < 4.78 is 0. The molecule has 0 aliphatic carbocycles. The zero-order valence-electron chi connectivity index (χ0n) is 11.5. The lowest BCUT2D eigenvalue weighted by Gasteiger charge is -2.18. The van der Waals surface area contributed by atoms with E-state index in [9.17, 15) is 5.11 Å². The Morgan fingerprint density at radius 1 is 1.10 bits per heavy atom. The van der Waals surface area contributed by atoms with Crippen LogP contribution in [0.5, 0.6) is 5.75 Å². The van der Waals surface area contributed by atoms with Crippen molar-refractivity contribution in [3.63, 3.8) is 0 Å². The molecule has 0 fully saturated rings. The van der Waals surface area contributed by atoms with Crippen LogP contribution in [0.1, 0.15) is 18.5 Å². The zero-order valence-corrected chi connectivity index (χ0v) is 12.3. The van der Waals surface area contributed by atoms with Crippen LogP contribution in [-0.4, -0.2) is 10.1 Å². The minimum atomic E-state index is -0.0439. The van der Waals surface area contributed by atoms with E-state index in [-0.39, 0.29) is 6.04 Å². The highest BCUT2D eigenvalue weighted by Crippen LogP contribution is 2.33. The van der Waals surface area contributed by atoms with Crippen LogP contribution in [0.2, 0.25) is 5.15 Å². The van der Waals surface area contributed by atoms with Gasteiger partial charge in [0.05, 0.1) is 17.9 Å². The SMILES string of the molecule is CC(Nc1ccc(Cl)nc1)c1ccc2ccccc2c1O. The zero-order chi connectivity index (χ0) is 14.8. The number of fused-ring (bicyclic) bond motifs is 1. The summed E-state index contributed by atoms with van der Waals surface area (Å²) in [4.78, 5) is 4.04. The monoisotopic (exact) mass is 298 g/mol. The third-order valence-corrected chi connectivity index (χ3v) is 3.73. The van der Waals surface area contributed by atoms with Crippen LogP contribution >= 0.6 is 11.6 Å². The normalized spacial score (nSPS) is 12.3. The summed E-state index contributed by atoms with van der Waals surface area (Å²) in [6, 6.07) is 15.3. The van der Waals surface area contributed by atoms with E-state index in [1.165, 1.54) is 0 Å². The van der Waals surface area contributed by atoms with Gasteiger partial charge in [-0.2, -0.15) is 0 Å². The Kier molecular flexibility index (Phi) is 3.67. The van der Waals surface area contributed by atoms with E-state index >= 15 is 0 Å². The molecule has 106 valence electrons. The second-order valence-electron chi connectivity index (χ2n) is 4.96. The first-order valence-electron chi connectivity index (χ1n) is 6.74. The molecule has 0 bridgehead atoms. The lowest BCUT2D eigenvalue weighted by molar-refractivity contribution is 0.472. The Morgan fingerprint density at radius 2 is 1.90 bits per heavy atom. The second-order valence-corrected chi connectivity index (χ2v) is 5.35. The number of aromatic hydroxyl groups is 1. The maximum atomic E-state index is 10.5. The number of hydrogen-bond donors (Lipinski definition) is 2. The van der Waals surface area contributed by atoms with E-state index in [0.29, 0.717) is 10.9 Å². The second kappa shape index (κ2) is 5.62. The third kappa shape index (κ3) is 2.78. The third-order valence-electron chi connectivity index (χ3n) is 3.51. The van der Waals surface area contributed by atoms with Gasteiger partial charge in [0, 0.05) is 10.9 Å². The lowest BCUT2D eigenvalue weighted by atomic mass is 10.0. The van der Waals surface area contributed by atoms with Crippen LogP contribution in [0.25, 0.3) is 10.8 Å². The summed E-state index contributed by atoms with van der Waals surface area (Å²) >= 11 is 5.78. The number of rotatable bonds is 3. The molecule has 0 saturated carbocycles. The van der Waals surface area contributed by atoms with Crippen molar-refractivity contribution in [2.75, 3.05) is 5.32 Å². The van der Waals surface area contributed by atoms with Crippen molar-refractivity contribution in [2.45, 2.75) is 13.0 Å². The Hall–Kier alpha value is -2.26. The van der Waals surface area contributed by atoms with Gasteiger partial charge in [-0.3, -0.25) is 0 Å². The Bertz CT molecular complexity index is 771. The molecule has 1 atom stereocenters. The fourth-order valence-electron chi connectivity index (χ4n) is 2.41. The number of nitrogens with one attached hydrogen (secondary N) is 1. The van der Waals surface area contributed by atoms with Gasteiger partial charge < -0.3 is 10.4 Å². The maximum Gasteiger partial charge on any atom is 0.129 e. The number of phenolic OH excluding ortho intramolecular Hbond substituents is 1. The molecule has 3 aromatic rings. The fraction of sp³-hybridized carbons (Fsp3) is 0.118. The van der Waals surface area contributed by atoms with Crippen molar-refractivity contribution < 1.29 is 5.11 Å². The molecule has 1 aromatic heterocycles. The van der Waals surface area contributed by atoms with Crippen molar-refractivity contribution in [1.29, 1.82) is 0 Å². The smallest absolute Gasteiger partial charge is 0.129 e. The van der Waals surface area contributed by atoms with Crippen LogP contribution in [0.3, 0.4) is 0 Å². The first-order chi connectivity index (χ1) is 10.1. The summed E-state index contributed by atoms with van der Waals surface area (Å²) in [5, 5.41) is 16.1. The van der Waals surface area contributed by atoms with E-state index < -0.39 is 0 Å². The molecule has 1 heterocycles. The molecule has 0 amide bonds. The summed E-state index contributed by atoms with van der Waals surface area (Å²) in [7, 11) is 0. The molecule has 0 aliphatic heterocycles. The van der Waals surface area contributed by atoms with E-state index in [1.54, 1.807) is 12.3 Å². The number of benzene rings is 2. The number of phenols is 1. The van der Waals surface area contributed by atoms with E-state index in [4.69, 9.17) is 11.6 Å². The molecule has 3 rings (SSSR count). The van der Waals surface area contributed by atoms with Gasteiger partial charge in [0.1, 0.15) is 10.9 Å². The number of nitrogens with zero attached hydrogens (tertiary/aromatic N) is 1. The molecule has 2 aromatic carbocycles. The molecular formula is C17H15ClN2O. The molecule has 4 heteroatoms. The molecule has 1 unspecified atom stereocenters. The van der Waals surface area contributed by atoms with E-state index in [1.807, 2.05) is 49.4 Å². The topological polar surface area (TPSA) is 45.2 Å². The molecule has 0 saturated heterocycles. The first kappa shape index (κ1) is 13.7. The maximum absolute atomic E-state index is 10.5. The predicted octanol–water partition coefficient (Wildman–Crippen LogP) is 4.77. The lowest BCUT2D eigenvalue weighted by Crippen LogP contribution is -2.07. The van der Waals surface area contributed by atoms with Gasteiger partial charge in [-0.25, -0.2) is 4.98 Å². The summed E-state index contributed by atoms with van der Waals surface area (Å²) in [5.74, 6) is 0.315. The van der Waals surface area contributed by atoms with Crippen LogP contribution < -0.4 is 5.32 Å². The highest BCUT2D eigenvalue weighted by Gasteiger charge is 2.12. The minimum absolute atomic E-state index is 0.0439. The molecule has 0 radical (unpaired) electrons. The van der Waals surface area contributed by atoms with E-state index in [2.05, 4.69) is 10.3 Å². The van der Waals surface area contributed by atoms with Gasteiger partial charge in [-0.05, 0) is 24.4 Å². The van der Waals surface area contributed by atoms with Crippen molar-refractivity contribution >= 4 is 28.1 Å². The van der Waals surface area contributed by atoms with Crippen molar-refractivity contribution in [3.05, 3.63) is 65.4 Å². The highest BCUT2D eigenvalue weighted by molar-refractivity contribution is 6.29. The van der Waals surface area contributed by atoms with Crippen LogP contribution in [0.4, 0.5) is 5.69 Å². The van der Waals surface area contributed by atoms with Gasteiger partial charge in [0.25, 0.3) is 0 Å². The van der Waals surface area contributed by atoms with Crippen LogP contribution in [0.15, 0.2) is 54.7 Å². The molecule has 21 heavy (non-hydrogen) atoms. The summed E-state index contributed by atoms with van der Waals surface area (Å²) in [5.41, 5.74) is 1.71. The van der Waals surface area contributed by atoms with Crippen LogP contribution in [-0.2, 0) is 0 Å². The van der Waals surface area contributed by atoms with Gasteiger partial charge in [-0.1, -0.05) is 48.0 Å². The number of hydrogen-bond acceptors (Lipinski definition) is 3. The largest absolute Gasteiger partial charge is 0.507 e. The van der Waals surface area contributed by atoms with Gasteiger partial charge >= 0.3 is 0 Å². The molecule has 0 spiro atoms. The van der Waals surface area contributed by atoms with Gasteiger partial charge in [0.15, 0.2) is 0 Å². The average molecular weight is 299 g/mol. The minimum Gasteiger partial charge on any atom is -0.507 e. The quantitative estimate of drug-likeness (QED) is 0.685. The Morgan fingerprint density at radius 3 is 2.67 bits per heavy atom. The number of anilines is 1. The molecule has 2 N–H and O–H groups in total. The van der Waals surface area contributed by atoms with Crippen molar-refractivity contribution in [2.24, 2.45) is 0 Å². The average Bonchev–Trinajstić information content (AvgIpc) is 2.50. The first-order valence-corrected chi connectivity index (χ1v) is 7.11. The van der Waals surface area contributed by atoms with Crippen LogP contribution in [0, 0.1) is 0 Å². The Labute approximate surface area is 128 Å². The highest BCUT2D eigenvalue weighted by atomic mass is 35.5. The molecular weight excluding hydrogens is 284 g/mol. The molecule has 3 nitrogen and oxygen atoms in total. The summed E-state index contributed by atoms with van der Waals surface area (Å²) in [6.45, 7) is 2.00. The molecule has 0 aliphatic rings. The number of pyridine rings is 1.